The van der Waals surface area contributed by atoms with Crippen molar-refractivity contribution in [3.05, 3.63) is 35.1 Å². The van der Waals surface area contributed by atoms with Crippen molar-refractivity contribution in [2.75, 3.05) is 18.1 Å². The second-order valence-corrected chi connectivity index (χ2v) is 6.07. The Morgan fingerprint density at radius 1 is 1.55 bits per heavy atom. The number of rotatable bonds is 5. The zero-order valence-corrected chi connectivity index (χ0v) is 13.4. The van der Waals surface area contributed by atoms with Crippen LogP contribution in [0.3, 0.4) is 0 Å². The lowest BCUT2D eigenvalue weighted by atomic mass is 10.4. The largest absolute Gasteiger partial charge is 0.472 e. The van der Waals surface area contributed by atoms with Crippen molar-refractivity contribution >= 4 is 29.3 Å². The van der Waals surface area contributed by atoms with Crippen LogP contribution < -0.4 is 4.74 Å². The summed E-state index contributed by atoms with van der Waals surface area (Å²) in [5.74, 6) is 2.09. The summed E-state index contributed by atoms with van der Waals surface area (Å²) in [6.45, 7) is 2.02. The van der Waals surface area contributed by atoms with Crippen LogP contribution in [-0.4, -0.2) is 45.0 Å². The number of halogens is 1. The first-order valence-corrected chi connectivity index (χ1v) is 8.34. The summed E-state index contributed by atoms with van der Waals surface area (Å²) in [4.78, 5) is 16.3. The second-order valence-electron chi connectivity index (χ2n) is 4.59. The number of carbonyl (C=O) groups excluding carboxylic acids is 1. The van der Waals surface area contributed by atoms with Gasteiger partial charge in [-0.3, -0.25) is 0 Å². The Balaban J connectivity index is 1.98. The van der Waals surface area contributed by atoms with Crippen LogP contribution in [0.4, 0.5) is 0 Å². The van der Waals surface area contributed by atoms with Crippen molar-refractivity contribution in [1.29, 1.82) is 0 Å². The molecule has 6 nitrogen and oxygen atoms in total. The molecule has 1 aliphatic rings. The first-order valence-electron chi connectivity index (χ1n) is 6.81. The summed E-state index contributed by atoms with van der Waals surface area (Å²) >= 11 is 7.95. The molecule has 1 aliphatic heterocycles. The second kappa shape index (κ2) is 6.58. The summed E-state index contributed by atoms with van der Waals surface area (Å²) in [5, 5.41) is 4.69. The smallest absolute Gasteiger partial charge is 0.357 e. The number of hydrogen-bond acceptors (Lipinski definition) is 6. The molecular weight excluding hydrogens is 326 g/mol. The third kappa shape index (κ3) is 3.05. The Hall–Kier alpha value is -1.73. The zero-order chi connectivity index (χ0) is 15.5. The number of ether oxygens (including phenoxy) is 2. The van der Waals surface area contributed by atoms with Crippen LogP contribution in [-0.2, 0) is 4.74 Å². The summed E-state index contributed by atoms with van der Waals surface area (Å²) < 4.78 is 12.2. The number of aromatic nitrogens is 3. The highest BCUT2D eigenvalue weighted by Crippen LogP contribution is 2.26. The minimum absolute atomic E-state index is 0.127. The average Bonchev–Trinajstić information content (AvgIpc) is 2.88. The van der Waals surface area contributed by atoms with Crippen LogP contribution in [0.25, 0.3) is 5.82 Å². The third-order valence-electron chi connectivity index (χ3n) is 3.01. The van der Waals surface area contributed by atoms with Crippen molar-refractivity contribution in [1.82, 2.24) is 14.8 Å². The first-order chi connectivity index (χ1) is 10.7. The van der Waals surface area contributed by atoms with E-state index in [-0.39, 0.29) is 18.4 Å². The van der Waals surface area contributed by atoms with Gasteiger partial charge >= 0.3 is 5.97 Å². The highest BCUT2D eigenvalue weighted by Gasteiger charge is 2.25. The van der Waals surface area contributed by atoms with E-state index in [1.54, 1.807) is 43.1 Å². The van der Waals surface area contributed by atoms with Gasteiger partial charge in [0, 0.05) is 23.8 Å². The molecule has 116 valence electrons. The monoisotopic (exact) mass is 339 g/mol. The number of nitrogens with zero attached hydrogens (tertiary/aromatic N) is 3. The number of carbonyl (C=O) groups is 1. The van der Waals surface area contributed by atoms with E-state index in [1.165, 1.54) is 4.68 Å². The first kappa shape index (κ1) is 15.2. The molecule has 2 aromatic rings. The molecule has 0 amide bonds. The van der Waals surface area contributed by atoms with Gasteiger partial charge in [0.25, 0.3) is 0 Å². The van der Waals surface area contributed by atoms with Gasteiger partial charge in [0.05, 0.1) is 11.6 Å². The van der Waals surface area contributed by atoms with E-state index in [0.29, 0.717) is 16.7 Å². The maximum absolute atomic E-state index is 12.1. The molecule has 0 saturated carbocycles. The van der Waals surface area contributed by atoms with Gasteiger partial charge < -0.3 is 9.47 Å². The minimum atomic E-state index is -0.491. The summed E-state index contributed by atoms with van der Waals surface area (Å²) in [6.07, 6.45) is 1.71. The van der Waals surface area contributed by atoms with Crippen LogP contribution in [0.15, 0.2) is 24.4 Å². The molecule has 3 rings (SSSR count). The van der Waals surface area contributed by atoms with Crippen molar-refractivity contribution in [2.45, 2.75) is 13.0 Å². The van der Waals surface area contributed by atoms with Gasteiger partial charge in [-0.1, -0.05) is 11.6 Å². The Kier molecular flexibility index (Phi) is 4.54. The molecule has 8 heteroatoms. The van der Waals surface area contributed by atoms with Crippen LogP contribution in [0.5, 0.6) is 5.88 Å². The van der Waals surface area contributed by atoms with E-state index < -0.39 is 5.97 Å². The van der Waals surface area contributed by atoms with Gasteiger partial charge in [-0.2, -0.15) is 11.8 Å². The van der Waals surface area contributed by atoms with E-state index in [4.69, 9.17) is 21.1 Å². The number of thioether (sulfide) groups is 1. The van der Waals surface area contributed by atoms with Crippen molar-refractivity contribution in [2.24, 2.45) is 0 Å². The van der Waals surface area contributed by atoms with Gasteiger partial charge in [-0.15, -0.1) is 5.10 Å². The van der Waals surface area contributed by atoms with Crippen molar-refractivity contribution in [3.63, 3.8) is 0 Å². The molecule has 0 atom stereocenters. The van der Waals surface area contributed by atoms with Crippen LogP contribution in [0.2, 0.25) is 5.02 Å². The molecule has 1 fully saturated rings. The number of esters is 1. The number of pyridine rings is 1. The Morgan fingerprint density at radius 2 is 2.36 bits per heavy atom. The molecule has 3 heterocycles. The molecule has 22 heavy (non-hydrogen) atoms. The quantitative estimate of drug-likeness (QED) is 0.780. The molecule has 2 aromatic heterocycles. The molecular formula is C14H14ClN3O3S. The summed E-state index contributed by atoms with van der Waals surface area (Å²) in [7, 11) is 0. The van der Waals surface area contributed by atoms with Gasteiger partial charge in [0.2, 0.25) is 5.88 Å². The third-order valence-corrected chi connectivity index (χ3v) is 4.52. The van der Waals surface area contributed by atoms with Crippen LogP contribution in [0, 0.1) is 0 Å². The van der Waals surface area contributed by atoms with Gasteiger partial charge in [-0.05, 0) is 19.1 Å². The maximum atomic E-state index is 12.1. The normalized spacial score (nSPS) is 14.5. The SMILES string of the molecule is CCOC(=O)c1cc(OC2CSC2)nn1-c1ncccc1Cl. The van der Waals surface area contributed by atoms with Crippen LogP contribution in [0.1, 0.15) is 17.4 Å². The van der Waals surface area contributed by atoms with E-state index in [9.17, 15) is 4.79 Å². The Bertz CT molecular complexity index is 688. The predicted molar refractivity (Wildman–Crippen MR) is 84.1 cm³/mol. The van der Waals surface area contributed by atoms with E-state index in [0.717, 1.165) is 11.5 Å². The van der Waals surface area contributed by atoms with Gasteiger partial charge in [0.1, 0.15) is 6.10 Å². The van der Waals surface area contributed by atoms with E-state index >= 15 is 0 Å². The molecule has 0 radical (unpaired) electrons. The lowest BCUT2D eigenvalue weighted by Crippen LogP contribution is -2.31. The topological polar surface area (TPSA) is 66.2 Å². The zero-order valence-electron chi connectivity index (χ0n) is 11.9. The molecule has 0 aromatic carbocycles. The predicted octanol–water partition coefficient (Wildman–Crippen LogP) is 2.59. The maximum Gasteiger partial charge on any atom is 0.357 e. The fraction of sp³-hybridized carbons (Fsp3) is 0.357. The lowest BCUT2D eigenvalue weighted by molar-refractivity contribution is 0.0515. The fourth-order valence-corrected chi connectivity index (χ4v) is 2.68. The van der Waals surface area contributed by atoms with E-state index in [1.807, 2.05) is 0 Å². The highest BCUT2D eigenvalue weighted by atomic mass is 35.5. The Morgan fingerprint density at radius 3 is 3.00 bits per heavy atom. The number of hydrogen-bond donors (Lipinski definition) is 0. The summed E-state index contributed by atoms with van der Waals surface area (Å²) in [5.41, 5.74) is 0.240. The molecule has 0 unspecified atom stereocenters. The molecule has 0 bridgehead atoms. The average molecular weight is 340 g/mol. The standard InChI is InChI=1S/C14H14ClN3O3S/c1-2-20-14(19)11-6-12(21-9-7-22-8-9)17-18(11)13-10(15)4-3-5-16-13/h3-6,9H,2,7-8H2,1H3. The Labute approximate surface area is 136 Å². The minimum Gasteiger partial charge on any atom is -0.472 e. The lowest BCUT2D eigenvalue weighted by Gasteiger charge is -2.24. The molecule has 1 saturated heterocycles. The summed E-state index contributed by atoms with van der Waals surface area (Å²) in [6, 6.07) is 4.96. The highest BCUT2D eigenvalue weighted by molar-refractivity contribution is 8.00. The molecule has 0 aliphatic carbocycles. The van der Waals surface area contributed by atoms with Gasteiger partial charge in [-0.25, -0.2) is 14.5 Å². The fourth-order valence-electron chi connectivity index (χ4n) is 1.91. The van der Waals surface area contributed by atoms with Crippen LogP contribution >= 0.6 is 23.4 Å². The van der Waals surface area contributed by atoms with Gasteiger partial charge in [0.15, 0.2) is 11.5 Å². The van der Waals surface area contributed by atoms with Crippen molar-refractivity contribution in [3.8, 4) is 11.7 Å². The molecule has 0 spiro atoms. The van der Waals surface area contributed by atoms with Crippen molar-refractivity contribution < 1.29 is 14.3 Å². The molecule has 0 N–H and O–H groups in total. The van der Waals surface area contributed by atoms with E-state index in [2.05, 4.69) is 10.1 Å².